The lowest BCUT2D eigenvalue weighted by Gasteiger charge is -2.53. The monoisotopic (exact) mass is 358 g/mol. The Hall–Kier alpha value is -1.06. The number of unbranched alkanes of at least 4 members (excludes halogenated alkanes) is 1. The topological polar surface area (TPSA) is 49.7 Å². The normalized spacial score (nSPS) is 38.4. The molecule has 1 aromatic rings. The van der Waals surface area contributed by atoms with E-state index in [4.69, 9.17) is 9.84 Å². The van der Waals surface area contributed by atoms with Crippen LogP contribution in [0.1, 0.15) is 75.3 Å². The van der Waals surface area contributed by atoms with Gasteiger partial charge < -0.3 is 14.9 Å². The molecule has 2 saturated carbocycles. The molecule has 4 rings (SSSR count). The molecule has 0 amide bonds. The van der Waals surface area contributed by atoms with Gasteiger partial charge in [-0.25, -0.2) is 0 Å². The summed E-state index contributed by atoms with van der Waals surface area (Å²) in [5.41, 5.74) is 2.54. The van der Waals surface area contributed by atoms with E-state index in [1.54, 1.807) is 12.7 Å². The van der Waals surface area contributed by atoms with Crippen molar-refractivity contribution in [1.82, 2.24) is 0 Å². The molecular formula is C23H34O3. The van der Waals surface area contributed by atoms with Crippen LogP contribution in [-0.4, -0.2) is 29.5 Å². The van der Waals surface area contributed by atoms with E-state index in [0.717, 1.165) is 44.3 Å². The Morgan fingerprint density at radius 1 is 1.15 bits per heavy atom. The van der Waals surface area contributed by atoms with E-state index in [2.05, 4.69) is 25.1 Å². The maximum absolute atomic E-state index is 11.5. The molecule has 26 heavy (non-hydrogen) atoms. The first-order valence-corrected chi connectivity index (χ1v) is 10.5. The first-order valence-electron chi connectivity index (χ1n) is 10.5. The Morgan fingerprint density at radius 3 is 2.77 bits per heavy atom. The molecule has 144 valence electrons. The van der Waals surface area contributed by atoms with Gasteiger partial charge in [0.15, 0.2) is 0 Å². The molecule has 0 radical (unpaired) electrons. The van der Waals surface area contributed by atoms with Gasteiger partial charge in [-0.05, 0) is 104 Å². The number of aliphatic hydroxyl groups is 2. The summed E-state index contributed by atoms with van der Waals surface area (Å²) in [7, 11) is 1.75. The predicted octanol–water partition coefficient (Wildman–Crippen LogP) is 4.45. The number of fused-ring (bicyclic) bond motifs is 5. The van der Waals surface area contributed by atoms with Crippen LogP contribution in [0.15, 0.2) is 18.2 Å². The molecule has 3 aliphatic carbocycles. The molecule has 2 N–H and O–H groups in total. The van der Waals surface area contributed by atoms with E-state index in [0.29, 0.717) is 17.8 Å². The summed E-state index contributed by atoms with van der Waals surface area (Å²) in [6, 6.07) is 6.66. The van der Waals surface area contributed by atoms with Crippen molar-refractivity contribution in [3.8, 4) is 5.75 Å². The van der Waals surface area contributed by atoms with E-state index in [1.807, 2.05) is 0 Å². The summed E-state index contributed by atoms with van der Waals surface area (Å²) < 4.78 is 5.42. The van der Waals surface area contributed by atoms with Gasteiger partial charge in [0, 0.05) is 6.61 Å². The lowest BCUT2D eigenvalue weighted by atomic mass is 9.53. The van der Waals surface area contributed by atoms with E-state index in [9.17, 15) is 5.11 Å². The molecule has 5 atom stereocenters. The minimum Gasteiger partial charge on any atom is -0.497 e. The fourth-order valence-corrected chi connectivity index (χ4v) is 6.74. The number of methoxy groups -OCH3 is 1. The minimum absolute atomic E-state index is 0.0492. The van der Waals surface area contributed by atoms with Crippen LogP contribution in [0.2, 0.25) is 0 Å². The number of ether oxygens (including phenoxy) is 1. The van der Waals surface area contributed by atoms with Crippen LogP contribution in [0.3, 0.4) is 0 Å². The highest BCUT2D eigenvalue weighted by molar-refractivity contribution is 5.40. The van der Waals surface area contributed by atoms with Crippen LogP contribution in [0.4, 0.5) is 0 Å². The van der Waals surface area contributed by atoms with E-state index in [-0.39, 0.29) is 12.0 Å². The smallest absolute Gasteiger partial charge is 0.119 e. The summed E-state index contributed by atoms with van der Waals surface area (Å²) in [6.07, 6.45) is 9.42. The van der Waals surface area contributed by atoms with E-state index in [1.165, 1.54) is 24.8 Å². The zero-order valence-electron chi connectivity index (χ0n) is 16.3. The van der Waals surface area contributed by atoms with Crippen molar-refractivity contribution in [2.75, 3.05) is 13.7 Å². The number of aryl methyl sites for hydroxylation is 1. The van der Waals surface area contributed by atoms with Gasteiger partial charge in [0.05, 0.1) is 12.7 Å². The quantitative estimate of drug-likeness (QED) is 0.765. The molecule has 0 unspecified atom stereocenters. The molecule has 1 aromatic carbocycles. The van der Waals surface area contributed by atoms with Gasteiger partial charge in [-0.2, -0.15) is 0 Å². The van der Waals surface area contributed by atoms with Gasteiger partial charge >= 0.3 is 0 Å². The first-order chi connectivity index (χ1) is 12.5. The molecule has 0 heterocycles. The average Bonchev–Trinajstić information content (AvgIpc) is 2.92. The van der Waals surface area contributed by atoms with Gasteiger partial charge in [0.1, 0.15) is 5.75 Å². The third-order valence-corrected chi connectivity index (χ3v) is 8.25. The van der Waals surface area contributed by atoms with Gasteiger partial charge in [0.2, 0.25) is 0 Å². The van der Waals surface area contributed by atoms with Crippen LogP contribution < -0.4 is 4.74 Å². The molecule has 0 saturated heterocycles. The van der Waals surface area contributed by atoms with Gasteiger partial charge in [0.25, 0.3) is 0 Å². The third-order valence-electron chi connectivity index (χ3n) is 8.25. The second kappa shape index (κ2) is 6.83. The van der Waals surface area contributed by atoms with E-state index < -0.39 is 5.60 Å². The van der Waals surface area contributed by atoms with Crippen molar-refractivity contribution < 1.29 is 14.9 Å². The summed E-state index contributed by atoms with van der Waals surface area (Å²) in [6.45, 7) is 2.60. The van der Waals surface area contributed by atoms with Gasteiger partial charge in [-0.3, -0.25) is 0 Å². The summed E-state index contributed by atoms with van der Waals surface area (Å²) in [5, 5.41) is 20.6. The van der Waals surface area contributed by atoms with Crippen LogP contribution >= 0.6 is 0 Å². The van der Waals surface area contributed by atoms with Crippen molar-refractivity contribution in [2.45, 2.75) is 76.2 Å². The second-order valence-corrected chi connectivity index (χ2v) is 9.19. The van der Waals surface area contributed by atoms with Crippen molar-refractivity contribution >= 4 is 0 Å². The molecule has 0 spiro atoms. The van der Waals surface area contributed by atoms with Crippen LogP contribution in [0.25, 0.3) is 0 Å². The average molecular weight is 359 g/mol. The Kier molecular flexibility index (Phi) is 4.81. The van der Waals surface area contributed by atoms with Crippen molar-refractivity contribution in [2.24, 2.45) is 17.3 Å². The van der Waals surface area contributed by atoms with Gasteiger partial charge in [-0.1, -0.05) is 13.0 Å². The standard InChI is InChI=1S/C23H34O3/c1-22-12-9-19-18-8-6-17(26-2)15-16(18)5-7-20(19)21(22)10-13-23(22,25)11-3-4-14-24/h6,8,15,19-21,24-25H,3-5,7,9-14H2,1-2H3/t19-,20-,21-,22-,23+/m0/s1. The Bertz CT molecular complexity index is 657. The fourth-order valence-electron chi connectivity index (χ4n) is 6.74. The Balaban J connectivity index is 1.58. The number of rotatable bonds is 5. The Labute approximate surface area is 157 Å². The molecule has 0 aliphatic heterocycles. The zero-order chi connectivity index (χ0) is 18.4. The summed E-state index contributed by atoms with van der Waals surface area (Å²) in [4.78, 5) is 0. The van der Waals surface area contributed by atoms with Crippen molar-refractivity contribution in [3.05, 3.63) is 29.3 Å². The Morgan fingerprint density at radius 2 is 2.00 bits per heavy atom. The highest BCUT2D eigenvalue weighted by atomic mass is 16.5. The summed E-state index contributed by atoms with van der Waals surface area (Å²) in [5.74, 6) is 2.97. The minimum atomic E-state index is -0.530. The molecule has 3 heteroatoms. The van der Waals surface area contributed by atoms with Crippen molar-refractivity contribution in [1.29, 1.82) is 0 Å². The van der Waals surface area contributed by atoms with Crippen LogP contribution in [-0.2, 0) is 6.42 Å². The third kappa shape index (κ3) is 2.70. The van der Waals surface area contributed by atoms with Crippen LogP contribution in [0, 0.1) is 17.3 Å². The summed E-state index contributed by atoms with van der Waals surface area (Å²) >= 11 is 0. The SMILES string of the molecule is COc1ccc2c(c1)CC[C@H]1[C@H]2CC[C@@]2(C)[C@H]1CC[C@]2(O)CCCCO. The number of benzene rings is 1. The van der Waals surface area contributed by atoms with E-state index >= 15 is 0 Å². The number of aliphatic hydroxyl groups excluding tert-OH is 1. The fraction of sp³-hybridized carbons (Fsp3) is 0.739. The van der Waals surface area contributed by atoms with Crippen LogP contribution in [0.5, 0.6) is 5.75 Å². The molecular weight excluding hydrogens is 324 g/mol. The second-order valence-electron chi connectivity index (χ2n) is 9.19. The largest absolute Gasteiger partial charge is 0.497 e. The lowest BCUT2D eigenvalue weighted by molar-refractivity contribution is -0.108. The maximum Gasteiger partial charge on any atom is 0.119 e. The molecule has 3 nitrogen and oxygen atoms in total. The molecule has 2 fully saturated rings. The molecule has 0 aromatic heterocycles. The lowest BCUT2D eigenvalue weighted by Crippen LogP contribution is -2.50. The highest BCUT2D eigenvalue weighted by Gasteiger charge is 2.60. The number of hydrogen-bond donors (Lipinski definition) is 2. The van der Waals surface area contributed by atoms with Gasteiger partial charge in [-0.15, -0.1) is 0 Å². The first kappa shape index (κ1) is 18.3. The maximum atomic E-state index is 11.5. The molecule has 3 aliphatic rings. The predicted molar refractivity (Wildman–Crippen MR) is 103 cm³/mol. The zero-order valence-corrected chi connectivity index (χ0v) is 16.3. The van der Waals surface area contributed by atoms with Crippen molar-refractivity contribution in [3.63, 3.8) is 0 Å². The number of hydrogen-bond acceptors (Lipinski definition) is 3. The molecule has 0 bridgehead atoms. The highest BCUT2D eigenvalue weighted by Crippen LogP contribution is 2.65.